The minimum Gasteiger partial charge on any atom is -0.487 e. The van der Waals surface area contributed by atoms with E-state index in [0.717, 1.165) is 16.8 Å². The van der Waals surface area contributed by atoms with Crippen LogP contribution in [0.1, 0.15) is 43.7 Å². The van der Waals surface area contributed by atoms with Gasteiger partial charge in [0.1, 0.15) is 18.2 Å². The molecular formula is C28H29Cl2N3O3. The lowest BCUT2D eigenvalue weighted by Crippen LogP contribution is -2.43. The maximum atomic E-state index is 13.5. The predicted octanol–water partition coefficient (Wildman–Crippen LogP) is 5.96. The molecule has 0 spiro atoms. The van der Waals surface area contributed by atoms with Crippen LogP contribution in [0.5, 0.6) is 5.75 Å². The van der Waals surface area contributed by atoms with Crippen molar-refractivity contribution < 1.29 is 14.3 Å². The highest BCUT2D eigenvalue weighted by atomic mass is 35.5. The SMILES string of the molecule is COCCN1C(N)=C(C#N)[C@@H](c2ccc(OCc3ccc(Cl)cc3)c(Cl)c2)C2=C1CC(C)(C)CC2=O. The first-order valence-electron chi connectivity index (χ1n) is 11.7. The van der Waals surface area contributed by atoms with Gasteiger partial charge in [0.15, 0.2) is 5.78 Å². The quantitative estimate of drug-likeness (QED) is 0.479. The smallest absolute Gasteiger partial charge is 0.162 e. The molecule has 8 heteroatoms. The molecule has 188 valence electrons. The summed E-state index contributed by atoms with van der Waals surface area (Å²) in [4.78, 5) is 15.4. The van der Waals surface area contributed by atoms with Gasteiger partial charge in [-0.15, -0.1) is 0 Å². The molecule has 2 N–H and O–H groups in total. The Bertz CT molecular complexity index is 1280. The molecular weight excluding hydrogens is 497 g/mol. The number of benzene rings is 2. The minimum atomic E-state index is -0.588. The Morgan fingerprint density at radius 3 is 2.53 bits per heavy atom. The second-order valence-corrected chi connectivity index (χ2v) is 10.7. The highest BCUT2D eigenvalue weighted by Gasteiger charge is 2.44. The van der Waals surface area contributed by atoms with Gasteiger partial charge in [-0.05, 0) is 47.2 Å². The topological polar surface area (TPSA) is 88.6 Å². The average Bonchev–Trinajstić information content (AvgIpc) is 2.82. The third-order valence-electron chi connectivity index (χ3n) is 6.60. The maximum absolute atomic E-state index is 13.5. The van der Waals surface area contributed by atoms with Crippen LogP contribution in [0, 0.1) is 16.7 Å². The molecule has 6 nitrogen and oxygen atoms in total. The number of allylic oxidation sites excluding steroid dienone is 3. The summed E-state index contributed by atoms with van der Waals surface area (Å²) in [6.07, 6.45) is 1.07. The number of carbonyl (C=O) groups is 1. The Morgan fingerprint density at radius 1 is 1.17 bits per heavy atom. The molecule has 0 fully saturated rings. The van der Waals surface area contributed by atoms with E-state index in [0.29, 0.717) is 65.4 Å². The average molecular weight is 526 g/mol. The number of nitrogens with zero attached hydrogens (tertiary/aromatic N) is 2. The number of rotatable bonds is 7. The van der Waals surface area contributed by atoms with Crippen LogP contribution in [0.15, 0.2) is 65.1 Å². The van der Waals surface area contributed by atoms with E-state index in [2.05, 4.69) is 19.9 Å². The number of Topliss-reactive ketones (excluding diaryl/α,β-unsaturated/α-hetero) is 1. The number of halogens is 2. The molecule has 1 aliphatic heterocycles. The van der Waals surface area contributed by atoms with Crippen LogP contribution in [0.25, 0.3) is 0 Å². The van der Waals surface area contributed by atoms with Crippen molar-refractivity contribution >= 4 is 29.0 Å². The monoisotopic (exact) mass is 525 g/mol. The fourth-order valence-corrected chi connectivity index (χ4v) is 5.27. The molecule has 1 aliphatic carbocycles. The van der Waals surface area contributed by atoms with Gasteiger partial charge in [0, 0.05) is 36.4 Å². The summed E-state index contributed by atoms with van der Waals surface area (Å²) >= 11 is 12.6. The van der Waals surface area contributed by atoms with Crippen molar-refractivity contribution in [2.45, 2.75) is 39.2 Å². The van der Waals surface area contributed by atoms with Gasteiger partial charge in [-0.3, -0.25) is 4.79 Å². The van der Waals surface area contributed by atoms with E-state index in [4.69, 9.17) is 38.4 Å². The number of methoxy groups -OCH3 is 1. The van der Waals surface area contributed by atoms with E-state index in [1.807, 2.05) is 23.1 Å². The molecule has 0 saturated carbocycles. The number of carbonyl (C=O) groups excluding carboxylic acids is 1. The summed E-state index contributed by atoms with van der Waals surface area (Å²) < 4.78 is 11.2. The van der Waals surface area contributed by atoms with Gasteiger partial charge < -0.3 is 20.1 Å². The van der Waals surface area contributed by atoms with Crippen molar-refractivity contribution in [1.82, 2.24) is 4.90 Å². The molecule has 0 radical (unpaired) electrons. The zero-order valence-electron chi connectivity index (χ0n) is 20.6. The highest BCUT2D eigenvalue weighted by Crippen LogP contribution is 2.49. The molecule has 1 atom stereocenters. The van der Waals surface area contributed by atoms with Gasteiger partial charge in [0.05, 0.1) is 29.2 Å². The molecule has 2 aromatic carbocycles. The van der Waals surface area contributed by atoms with Crippen molar-refractivity contribution in [2.24, 2.45) is 11.1 Å². The van der Waals surface area contributed by atoms with Crippen molar-refractivity contribution in [1.29, 1.82) is 5.26 Å². The molecule has 4 rings (SSSR count). The van der Waals surface area contributed by atoms with Gasteiger partial charge in [0.2, 0.25) is 0 Å². The van der Waals surface area contributed by atoms with Gasteiger partial charge in [-0.1, -0.05) is 55.2 Å². The summed E-state index contributed by atoms with van der Waals surface area (Å²) in [7, 11) is 1.61. The number of nitriles is 1. The third kappa shape index (κ3) is 5.24. The standard InChI is InChI=1S/C28H29Cl2N3O3/c1-28(2)13-22-26(23(34)14-28)25(20(15-31)27(32)33(22)10-11-35-3)18-6-9-24(21(30)12-18)36-16-17-4-7-19(29)8-5-17/h4-9,12,25H,10-11,13-14,16,32H2,1-3H3/t25-/m1/s1. The van der Waals surface area contributed by atoms with Crippen LogP contribution in [0.2, 0.25) is 10.0 Å². The van der Waals surface area contributed by atoms with E-state index in [-0.39, 0.29) is 11.2 Å². The Hall–Kier alpha value is -2.98. The maximum Gasteiger partial charge on any atom is 0.162 e. The Balaban J connectivity index is 1.71. The fourth-order valence-electron chi connectivity index (χ4n) is 4.90. The largest absolute Gasteiger partial charge is 0.487 e. The number of hydrogen-bond acceptors (Lipinski definition) is 6. The first kappa shape index (κ1) is 26.1. The van der Waals surface area contributed by atoms with E-state index in [1.54, 1.807) is 31.4 Å². The molecule has 1 heterocycles. The molecule has 0 saturated heterocycles. The van der Waals surface area contributed by atoms with Gasteiger partial charge in [-0.25, -0.2) is 0 Å². The molecule has 2 aliphatic rings. The van der Waals surface area contributed by atoms with E-state index >= 15 is 0 Å². The number of nitrogens with two attached hydrogens (primary N) is 1. The summed E-state index contributed by atoms with van der Waals surface area (Å²) in [5.74, 6) is 0.292. The van der Waals surface area contributed by atoms with E-state index in [9.17, 15) is 10.1 Å². The Labute approximate surface area is 221 Å². The number of ketones is 1. The lowest BCUT2D eigenvalue weighted by atomic mass is 9.68. The summed E-state index contributed by atoms with van der Waals surface area (Å²) in [6.45, 7) is 5.35. The van der Waals surface area contributed by atoms with E-state index in [1.165, 1.54) is 0 Å². The zero-order chi connectivity index (χ0) is 26.0. The zero-order valence-corrected chi connectivity index (χ0v) is 22.1. The Morgan fingerprint density at radius 2 is 1.89 bits per heavy atom. The van der Waals surface area contributed by atoms with Crippen LogP contribution >= 0.6 is 23.2 Å². The van der Waals surface area contributed by atoms with Gasteiger partial charge in [0.25, 0.3) is 0 Å². The predicted molar refractivity (Wildman–Crippen MR) is 140 cm³/mol. The van der Waals surface area contributed by atoms with Crippen LogP contribution in [0.4, 0.5) is 0 Å². The van der Waals surface area contributed by atoms with E-state index < -0.39 is 5.92 Å². The normalized spacial score (nSPS) is 19.3. The van der Waals surface area contributed by atoms with Crippen molar-refractivity contribution in [3.63, 3.8) is 0 Å². The third-order valence-corrected chi connectivity index (χ3v) is 7.15. The summed E-state index contributed by atoms with van der Waals surface area (Å²) in [5, 5.41) is 11.2. The minimum absolute atomic E-state index is 0.0214. The lowest BCUT2D eigenvalue weighted by Gasteiger charge is -2.43. The molecule has 36 heavy (non-hydrogen) atoms. The molecule has 0 unspecified atom stereocenters. The van der Waals surface area contributed by atoms with Crippen molar-refractivity contribution in [3.8, 4) is 11.8 Å². The first-order valence-corrected chi connectivity index (χ1v) is 12.5. The second-order valence-electron chi connectivity index (χ2n) is 9.89. The summed E-state index contributed by atoms with van der Waals surface area (Å²) in [5.41, 5.74) is 9.82. The molecule has 0 amide bonds. The molecule has 0 aromatic heterocycles. The molecule has 2 aromatic rings. The number of ether oxygens (including phenoxy) is 2. The van der Waals surface area contributed by atoms with Crippen LogP contribution in [-0.4, -0.2) is 30.9 Å². The van der Waals surface area contributed by atoms with Gasteiger partial charge >= 0.3 is 0 Å². The first-order chi connectivity index (χ1) is 17.1. The van der Waals surface area contributed by atoms with Crippen LogP contribution < -0.4 is 10.5 Å². The van der Waals surface area contributed by atoms with Crippen molar-refractivity contribution in [3.05, 3.63) is 86.3 Å². The number of hydrogen-bond donors (Lipinski definition) is 1. The molecule has 0 bridgehead atoms. The summed E-state index contributed by atoms with van der Waals surface area (Å²) in [6, 6.07) is 15.0. The van der Waals surface area contributed by atoms with Crippen LogP contribution in [-0.2, 0) is 16.1 Å². The van der Waals surface area contributed by atoms with Crippen LogP contribution in [0.3, 0.4) is 0 Å². The lowest BCUT2D eigenvalue weighted by molar-refractivity contribution is -0.118. The van der Waals surface area contributed by atoms with Gasteiger partial charge in [-0.2, -0.15) is 5.26 Å². The van der Waals surface area contributed by atoms with Crippen molar-refractivity contribution in [2.75, 3.05) is 20.3 Å². The fraction of sp³-hybridized carbons (Fsp3) is 0.357. The highest BCUT2D eigenvalue weighted by molar-refractivity contribution is 6.32. The second kappa shape index (κ2) is 10.6. The Kier molecular flexibility index (Phi) is 7.65.